The average molecular weight is 426 g/mol. The highest BCUT2D eigenvalue weighted by atomic mass is 16.5. The lowest BCUT2D eigenvalue weighted by atomic mass is 10.1. The third-order valence-electron chi connectivity index (χ3n) is 4.50. The van der Waals surface area contributed by atoms with Crippen molar-refractivity contribution in [2.75, 3.05) is 22.6 Å². The summed E-state index contributed by atoms with van der Waals surface area (Å²) < 4.78 is 5.04. The number of nitrogens with one attached hydrogen (secondary N) is 1. The van der Waals surface area contributed by atoms with Crippen molar-refractivity contribution in [2.45, 2.75) is 6.92 Å². The normalized spacial score (nSPS) is 10.7. The van der Waals surface area contributed by atoms with E-state index in [1.54, 1.807) is 60.4 Å². The second-order valence-electron chi connectivity index (χ2n) is 6.67. The van der Waals surface area contributed by atoms with E-state index in [4.69, 9.17) is 10.5 Å². The zero-order valence-electron chi connectivity index (χ0n) is 17.5. The fourth-order valence-electron chi connectivity index (χ4n) is 2.96. The largest absolute Gasteiger partial charge is 0.462 e. The number of esters is 1. The van der Waals surface area contributed by atoms with E-state index in [0.717, 1.165) is 11.4 Å². The Balaban J connectivity index is 1.95. The Hall–Kier alpha value is -4.57. The Kier molecular flexibility index (Phi) is 7.23. The van der Waals surface area contributed by atoms with Gasteiger partial charge < -0.3 is 20.7 Å². The molecule has 0 heterocycles. The molecule has 3 aromatic carbocycles. The summed E-state index contributed by atoms with van der Waals surface area (Å²) in [7, 11) is 0. The van der Waals surface area contributed by atoms with Gasteiger partial charge in [0.25, 0.3) is 5.91 Å². The number of anilines is 4. The van der Waals surface area contributed by atoms with Gasteiger partial charge >= 0.3 is 5.97 Å². The van der Waals surface area contributed by atoms with Crippen LogP contribution in [0.5, 0.6) is 0 Å². The maximum Gasteiger partial charge on any atom is 0.340 e. The van der Waals surface area contributed by atoms with Crippen LogP contribution >= 0.6 is 0 Å². The van der Waals surface area contributed by atoms with E-state index in [9.17, 15) is 14.9 Å². The number of amides is 1. The van der Waals surface area contributed by atoms with Crippen molar-refractivity contribution in [1.29, 1.82) is 5.26 Å². The van der Waals surface area contributed by atoms with Crippen LogP contribution in [-0.4, -0.2) is 18.5 Å². The number of nitrogen functional groups attached to an aromatic ring is 1. The van der Waals surface area contributed by atoms with E-state index in [1.165, 1.54) is 6.20 Å². The Bertz CT molecular complexity index is 1170. The molecule has 0 fully saturated rings. The lowest BCUT2D eigenvalue weighted by molar-refractivity contribution is -0.112. The maximum atomic E-state index is 12.9. The summed E-state index contributed by atoms with van der Waals surface area (Å²) in [5.41, 5.74) is 8.19. The van der Waals surface area contributed by atoms with E-state index >= 15 is 0 Å². The standard InChI is InChI=1S/C25H22N4O3/c1-2-32-25(31)22-10-6-7-11-23(22)28-24(30)18(16-26)17-29(20-8-4-3-5-9-20)21-14-12-19(27)13-15-21/h3-15,17H,2,27H2,1H3,(H,28,30)/b18-17-. The monoisotopic (exact) mass is 426 g/mol. The summed E-state index contributed by atoms with van der Waals surface area (Å²) in [6.07, 6.45) is 1.45. The Morgan fingerprint density at radius 2 is 1.62 bits per heavy atom. The van der Waals surface area contributed by atoms with Crippen LogP contribution in [0.2, 0.25) is 0 Å². The molecule has 160 valence electrons. The third-order valence-corrected chi connectivity index (χ3v) is 4.50. The summed E-state index contributed by atoms with van der Waals surface area (Å²) >= 11 is 0. The fourth-order valence-corrected chi connectivity index (χ4v) is 2.96. The van der Waals surface area contributed by atoms with E-state index in [2.05, 4.69) is 5.32 Å². The molecular weight excluding hydrogens is 404 g/mol. The Morgan fingerprint density at radius 1 is 1.00 bits per heavy atom. The van der Waals surface area contributed by atoms with Crippen molar-refractivity contribution in [3.63, 3.8) is 0 Å². The van der Waals surface area contributed by atoms with Crippen molar-refractivity contribution >= 4 is 34.6 Å². The molecule has 7 heteroatoms. The van der Waals surface area contributed by atoms with Crippen LogP contribution in [0.15, 0.2) is 90.6 Å². The maximum absolute atomic E-state index is 12.9. The van der Waals surface area contributed by atoms with Gasteiger partial charge in [0, 0.05) is 23.3 Å². The number of ether oxygens (including phenoxy) is 1. The molecule has 0 unspecified atom stereocenters. The summed E-state index contributed by atoms with van der Waals surface area (Å²) in [4.78, 5) is 26.8. The molecule has 32 heavy (non-hydrogen) atoms. The molecule has 0 bridgehead atoms. The van der Waals surface area contributed by atoms with Crippen LogP contribution in [-0.2, 0) is 9.53 Å². The molecular formula is C25H22N4O3. The molecule has 0 aromatic heterocycles. The van der Waals surface area contributed by atoms with Crippen molar-refractivity contribution < 1.29 is 14.3 Å². The highest BCUT2D eigenvalue weighted by molar-refractivity contribution is 6.10. The van der Waals surface area contributed by atoms with Gasteiger partial charge in [0.05, 0.1) is 17.9 Å². The summed E-state index contributed by atoms with van der Waals surface area (Å²) in [5, 5.41) is 12.3. The highest BCUT2D eigenvalue weighted by Gasteiger charge is 2.18. The van der Waals surface area contributed by atoms with Gasteiger partial charge in [-0.2, -0.15) is 5.26 Å². The number of rotatable bonds is 7. The number of carbonyl (C=O) groups is 2. The second kappa shape index (κ2) is 10.5. The fraction of sp³-hybridized carbons (Fsp3) is 0.0800. The molecule has 0 spiro atoms. The quantitative estimate of drug-likeness (QED) is 0.247. The van der Waals surface area contributed by atoms with Gasteiger partial charge in [-0.05, 0) is 55.5 Å². The van der Waals surface area contributed by atoms with Crippen molar-refractivity contribution in [3.8, 4) is 6.07 Å². The van der Waals surface area contributed by atoms with Crippen LogP contribution in [0.3, 0.4) is 0 Å². The van der Waals surface area contributed by atoms with Gasteiger partial charge in [0.15, 0.2) is 0 Å². The van der Waals surface area contributed by atoms with Crippen molar-refractivity contribution in [1.82, 2.24) is 0 Å². The smallest absolute Gasteiger partial charge is 0.340 e. The van der Waals surface area contributed by atoms with Gasteiger partial charge in [0.2, 0.25) is 0 Å². The molecule has 0 saturated carbocycles. The summed E-state index contributed by atoms with van der Waals surface area (Å²) in [6, 6.07) is 24.8. The third kappa shape index (κ3) is 5.32. The predicted octanol–water partition coefficient (Wildman–Crippen LogP) is 4.63. The Morgan fingerprint density at radius 3 is 2.28 bits per heavy atom. The number of carbonyl (C=O) groups excluding carboxylic acids is 2. The van der Waals surface area contributed by atoms with E-state index in [1.807, 2.05) is 36.4 Å². The van der Waals surface area contributed by atoms with Gasteiger partial charge in [-0.25, -0.2) is 4.79 Å². The number of hydrogen-bond acceptors (Lipinski definition) is 6. The number of nitriles is 1. The van der Waals surface area contributed by atoms with Gasteiger partial charge in [0.1, 0.15) is 11.6 Å². The van der Waals surface area contributed by atoms with Crippen LogP contribution in [0.25, 0.3) is 0 Å². The van der Waals surface area contributed by atoms with Gasteiger partial charge in [-0.15, -0.1) is 0 Å². The number of benzene rings is 3. The van der Waals surface area contributed by atoms with E-state index < -0.39 is 11.9 Å². The number of para-hydroxylation sites is 2. The molecule has 3 rings (SSSR count). The molecule has 3 N–H and O–H groups in total. The lowest BCUT2D eigenvalue weighted by Gasteiger charge is -2.21. The molecule has 1 amide bonds. The molecule has 0 aliphatic carbocycles. The Labute approximate surface area is 186 Å². The minimum atomic E-state index is -0.652. The average Bonchev–Trinajstić information content (AvgIpc) is 2.81. The summed E-state index contributed by atoms with van der Waals surface area (Å²) in [5.74, 6) is -1.21. The first-order chi connectivity index (χ1) is 15.5. The molecule has 3 aromatic rings. The topological polar surface area (TPSA) is 108 Å². The molecule has 0 aliphatic rings. The predicted molar refractivity (Wildman–Crippen MR) is 124 cm³/mol. The molecule has 0 saturated heterocycles. The first-order valence-electron chi connectivity index (χ1n) is 9.92. The zero-order chi connectivity index (χ0) is 22.9. The summed E-state index contributed by atoms with van der Waals surface area (Å²) in [6.45, 7) is 1.91. The van der Waals surface area contributed by atoms with Crippen LogP contribution in [0.4, 0.5) is 22.7 Å². The lowest BCUT2D eigenvalue weighted by Crippen LogP contribution is -2.19. The minimum Gasteiger partial charge on any atom is -0.462 e. The van der Waals surface area contributed by atoms with Crippen LogP contribution in [0.1, 0.15) is 17.3 Å². The molecule has 0 atom stereocenters. The first kappa shape index (κ1) is 22.1. The molecule has 7 nitrogen and oxygen atoms in total. The van der Waals surface area contributed by atoms with Crippen molar-refractivity contribution in [3.05, 3.63) is 96.2 Å². The molecule has 0 radical (unpaired) electrons. The van der Waals surface area contributed by atoms with E-state index in [-0.39, 0.29) is 23.4 Å². The van der Waals surface area contributed by atoms with Crippen molar-refractivity contribution in [2.24, 2.45) is 0 Å². The van der Waals surface area contributed by atoms with Crippen LogP contribution in [0, 0.1) is 11.3 Å². The van der Waals surface area contributed by atoms with Gasteiger partial charge in [-0.1, -0.05) is 30.3 Å². The number of hydrogen-bond donors (Lipinski definition) is 2. The number of nitrogens with two attached hydrogens (primary N) is 1. The zero-order valence-corrected chi connectivity index (χ0v) is 17.5. The second-order valence-corrected chi connectivity index (χ2v) is 6.67. The number of nitrogens with zero attached hydrogens (tertiary/aromatic N) is 2. The highest BCUT2D eigenvalue weighted by Crippen LogP contribution is 2.27. The van der Waals surface area contributed by atoms with E-state index in [0.29, 0.717) is 5.69 Å². The first-order valence-corrected chi connectivity index (χ1v) is 9.92. The van der Waals surface area contributed by atoms with Crippen LogP contribution < -0.4 is 16.0 Å². The minimum absolute atomic E-state index is 0.149. The SMILES string of the molecule is CCOC(=O)c1ccccc1NC(=O)/C(C#N)=C\N(c1ccccc1)c1ccc(N)cc1. The molecule has 0 aliphatic heterocycles. The van der Waals surface area contributed by atoms with Gasteiger partial charge in [-0.3, -0.25) is 4.79 Å².